The van der Waals surface area contributed by atoms with E-state index in [0.717, 1.165) is 62.8 Å². The van der Waals surface area contributed by atoms with Crippen molar-refractivity contribution in [2.45, 2.75) is 38.5 Å². The highest BCUT2D eigenvalue weighted by Crippen LogP contribution is 2.38. The predicted molar refractivity (Wildman–Crippen MR) is 111 cm³/mol. The number of ether oxygens (including phenoxy) is 1. The molecule has 2 aliphatic rings. The molecule has 3 rings (SSSR count). The van der Waals surface area contributed by atoms with Crippen LogP contribution in [0.15, 0.2) is 28.1 Å². The number of nitrogens with one attached hydrogen (secondary N) is 2. The van der Waals surface area contributed by atoms with Crippen LogP contribution < -0.4 is 10.0 Å². The first kappa shape index (κ1) is 21.1. The number of benzene rings is 1. The van der Waals surface area contributed by atoms with Crippen LogP contribution in [-0.4, -0.2) is 65.2 Å². The Morgan fingerprint density at radius 3 is 2.86 bits per heavy atom. The van der Waals surface area contributed by atoms with Crippen molar-refractivity contribution in [2.24, 2.45) is 10.4 Å². The zero-order valence-corrected chi connectivity index (χ0v) is 17.9. The smallest absolute Gasteiger partial charge is 0.240 e. The number of likely N-dealkylation sites (tertiary alicyclic amines) is 1. The SMILES string of the molecule is CCNC(=NCCNS(=O)(=O)c1cc(C)ccc1C)N1CCC2(CCOC2)C1. The normalized spacial score (nSPS) is 23.0. The number of nitrogens with zero attached hydrogens (tertiary/aromatic N) is 2. The third-order valence-corrected chi connectivity index (χ3v) is 7.16. The van der Waals surface area contributed by atoms with Crippen LogP contribution in [-0.2, 0) is 14.8 Å². The lowest BCUT2D eigenvalue weighted by atomic mass is 9.87. The number of aryl methyl sites for hydroxylation is 2. The van der Waals surface area contributed by atoms with Crippen LogP contribution in [0.1, 0.15) is 30.9 Å². The molecular weight excluding hydrogens is 376 g/mol. The fourth-order valence-corrected chi connectivity index (χ4v) is 5.28. The average Bonchev–Trinajstić information content (AvgIpc) is 3.30. The van der Waals surface area contributed by atoms with Crippen molar-refractivity contribution in [1.29, 1.82) is 0 Å². The first-order valence-corrected chi connectivity index (χ1v) is 11.5. The molecule has 2 saturated heterocycles. The average molecular weight is 409 g/mol. The van der Waals surface area contributed by atoms with Crippen LogP contribution in [0.4, 0.5) is 0 Å². The van der Waals surface area contributed by atoms with E-state index >= 15 is 0 Å². The predicted octanol–water partition coefficient (Wildman–Crippen LogP) is 1.66. The molecule has 2 aliphatic heterocycles. The molecule has 2 fully saturated rings. The number of hydrogen-bond donors (Lipinski definition) is 2. The van der Waals surface area contributed by atoms with Gasteiger partial charge in [0.25, 0.3) is 0 Å². The van der Waals surface area contributed by atoms with E-state index in [-0.39, 0.29) is 12.0 Å². The van der Waals surface area contributed by atoms with Crippen LogP contribution in [0.5, 0.6) is 0 Å². The summed E-state index contributed by atoms with van der Waals surface area (Å²) in [6.45, 7) is 10.8. The third-order valence-electron chi connectivity index (χ3n) is 5.56. The van der Waals surface area contributed by atoms with Crippen LogP contribution in [0.25, 0.3) is 0 Å². The number of guanidine groups is 1. The van der Waals surface area contributed by atoms with Gasteiger partial charge in [-0.05, 0) is 50.8 Å². The Kier molecular flexibility index (Phi) is 6.62. The maximum absolute atomic E-state index is 12.6. The molecule has 0 radical (unpaired) electrons. The molecule has 1 unspecified atom stereocenters. The Labute approximate surface area is 168 Å². The highest BCUT2D eigenvalue weighted by atomic mass is 32.2. The summed E-state index contributed by atoms with van der Waals surface area (Å²) in [5, 5.41) is 3.33. The zero-order valence-electron chi connectivity index (χ0n) is 17.1. The van der Waals surface area contributed by atoms with Crippen molar-refractivity contribution in [1.82, 2.24) is 14.9 Å². The third kappa shape index (κ3) is 4.85. The summed E-state index contributed by atoms with van der Waals surface area (Å²) < 4.78 is 33.5. The van der Waals surface area contributed by atoms with Crippen LogP contribution in [0.2, 0.25) is 0 Å². The standard InChI is InChI=1S/C20H32N4O3S/c1-4-21-19(24-11-7-20(14-24)8-12-27-15-20)22-9-10-23-28(25,26)18-13-16(2)5-6-17(18)3/h5-6,13,23H,4,7-12,14-15H2,1-3H3,(H,21,22). The van der Waals surface area contributed by atoms with E-state index in [0.29, 0.717) is 11.4 Å². The summed E-state index contributed by atoms with van der Waals surface area (Å²) in [6.07, 6.45) is 2.23. The van der Waals surface area contributed by atoms with Gasteiger partial charge in [-0.25, -0.2) is 13.1 Å². The van der Waals surface area contributed by atoms with Gasteiger partial charge in [0.15, 0.2) is 5.96 Å². The van der Waals surface area contributed by atoms with Gasteiger partial charge in [0.1, 0.15) is 0 Å². The lowest BCUT2D eigenvalue weighted by Gasteiger charge is -2.25. The molecule has 1 aromatic rings. The highest BCUT2D eigenvalue weighted by Gasteiger charge is 2.42. The molecule has 0 aliphatic carbocycles. The maximum atomic E-state index is 12.6. The van der Waals surface area contributed by atoms with Gasteiger partial charge in [-0.15, -0.1) is 0 Å². The molecule has 1 atom stereocenters. The summed E-state index contributed by atoms with van der Waals surface area (Å²) in [7, 11) is -3.53. The Hall–Kier alpha value is -1.64. The van der Waals surface area contributed by atoms with Crippen molar-refractivity contribution in [2.75, 3.05) is 45.9 Å². The summed E-state index contributed by atoms with van der Waals surface area (Å²) in [4.78, 5) is 7.26. The monoisotopic (exact) mass is 408 g/mol. The van der Waals surface area contributed by atoms with E-state index < -0.39 is 10.0 Å². The first-order chi connectivity index (χ1) is 13.4. The molecular formula is C20H32N4O3S. The topological polar surface area (TPSA) is 83.0 Å². The lowest BCUT2D eigenvalue weighted by Crippen LogP contribution is -2.42. The largest absolute Gasteiger partial charge is 0.381 e. The van der Waals surface area contributed by atoms with E-state index in [4.69, 9.17) is 4.74 Å². The van der Waals surface area contributed by atoms with Crippen molar-refractivity contribution in [3.8, 4) is 0 Å². The number of aliphatic imine (C=N–C) groups is 1. The Morgan fingerprint density at radius 2 is 2.14 bits per heavy atom. The van der Waals surface area contributed by atoms with E-state index in [1.54, 1.807) is 6.07 Å². The fourth-order valence-electron chi connectivity index (χ4n) is 3.93. The van der Waals surface area contributed by atoms with E-state index in [2.05, 4.69) is 19.9 Å². The van der Waals surface area contributed by atoms with Gasteiger partial charge >= 0.3 is 0 Å². The molecule has 0 aromatic heterocycles. The molecule has 2 heterocycles. The summed E-state index contributed by atoms with van der Waals surface area (Å²) in [5.74, 6) is 0.859. The number of sulfonamides is 1. The fraction of sp³-hybridized carbons (Fsp3) is 0.650. The second-order valence-electron chi connectivity index (χ2n) is 7.88. The summed E-state index contributed by atoms with van der Waals surface area (Å²) >= 11 is 0. The second-order valence-corrected chi connectivity index (χ2v) is 9.61. The van der Waals surface area contributed by atoms with E-state index in [1.807, 2.05) is 32.9 Å². The molecule has 28 heavy (non-hydrogen) atoms. The molecule has 0 bridgehead atoms. The summed E-state index contributed by atoms with van der Waals surface area (Å²) in [5.41, 5.74) is 1.94. The molecule has 2 N–H and O–H groups in total. The summed E-state index contributed by atoms with van der Waals surface area (Å²) in [6, 6.07) is 5.46. The molecule has 0 amide bonds. The maximum Gasteiger partial charge on any atom is 0.240 e. The quantitative estimate of drug-likeness (QED) is 0.425. The zero-order chi connectivity index (χ0) is 20.2. The highest BCUT2D eigenvalue weighted by molar-refractivity contribution is 7.89. The van der Waals surface area contributed by atoms with Gasteiger partial charge in [-0.1, -0.05) is 12.1 Å². The molecule has 156 valence electrons. The minimum Gasteiger partial charge on any atom is -0.381 e. The Balaban J connectivity index is 1.59. The van der Waals surface area contributed by atoms with Crippen LogP contribution in [0, 0.1) is 19.3 Å². The van der Waals surface area contributed by atoms with Gasteiger partial charge in [0.05, 0.1) is 18.0 Å². The Bertz CT molecular complexity index is 817. The van der Waals surface area contributed by atoms with Crippen molar-refractivity contribution >= 4 is 16.0 Å². The van der Waals surface area contributed by atoms with E-state index in [9.17, 15) is 8.42 Å². The molecule has 0 saturated carbocycles. The Morgan fingerprint density at radius 1 is 1.32 bits per heavy atom. The minimum atomic E-state index is -3.53. The van der Waals surface area contributed by atoms with Crippen LogP contribution >= 0.6 is 0 Å². The number of hydrogen-bond acceptors (Lipinski definition) is 4. The van der Waals surface area contributed by atoms with Gasteiger partial charge in [0.2, 0.25) is 10.0 Å². The molecule has 8 heteroatoms. The second kappa shape index (κ2) is 8.80. The number of rotatable bonds is 6. The van der Waals surface area contributed by atoms with Crippen molar-refractivity contribution < 1.29 is 13.2 Å². The first-order valence-electron chi connectivity index (χ1n) is 10.0. The molecule has 7 nitrogen and oxygen atoms in total. The lowest BCUT2D eigenvalue weighted by molar-refractivity contribution is 0.156. The van der Waals surface area contributed by atoms with Gasteiger partial charge in [0, 0.05) is 38.2 Å². The molecule has 1 aromatic carbocycles. The van der Waals surface area contributed by atoms with Crippen molar-refractivity contribution in [3.63, 3.8) is 0 Å². The minimum absolute atomic E-state index is 0.264. The van der Waals surface area contributed by atoms with Crippen molar-refractivity contribution in [3.05, 3.63) is 29.3 Å². The van der Waals surface area contributed by atoms with E-state index in [1.165, 1.54) is 0 Å². The van der Waals surface area contributed by atoms with Crippen LogP contribution in [0.3, 0.4) is 0 Å². The molecule has 1 spiro atoms. The van der Waals surface area contributed by atoms with Gasteiger partial charge in [-0.3, -0.25) is 4.99 Å². The van der Waals surface area contributed by atoms with Gasteiger partial charge < -0.3 is 15.0 Å². The van der Waals surface area contributed by atoms with Gasteiger partial charge in [-0.2, -0.15) is 0 Å².